The molecule has 1 heterocycles. The Kier molecular flexibility index (Phi) is 1.98. The average Bonchev–Trinajstić information content (AvgIpc) is 2.48. The minimum absolute atomic E-state index is 1.01. The van der Waals surface area contributed by atoms with Crippen LogP contribution in [0.2, 0.25) is 0 Å². The maximum Gasteiger partial charge on any atom is 0.0715 e. The third-order valence-corrected chi connectivity index (χ3v) is 2.88. The van der Waals surface area contributed by atoms with Crippen LogP contribution in [0.25, 0.3) is 11.1 Å². The van der Waals surface area contributed by atoms with Crippen molar-refractivity contribution in [3.8, 4) is 11.1 Å². The molecule has 15 heavy (non-hydrogen) atoms. The van der Waals surface area contributed by atoms with E-state index in [0.29, 0.717) is 0 Å². The number of aryl methyl sites for hydroxylation is 2. The molecule has 2 heteroatoms. The molecule has 1 radical (unpaired) electrons. The van der Waals surface area contributed by atoms with Crippen molar-refractivity contribution >= 4 is 0 Å². The van der Waals surface area contributed by atoms with Crippen LogP contribution in [-0.4, -0.2) is 10.2 Å². The molecule has 0 amide bonds. The van der Waals surface area contributed by atoms with Crippen LogP contribution < -0.4 is 0 Å². The number of hydrogen-bond acceptors (Lipinski definition) is 2. The molecule has 0 atom stereocenters. The van der Waals surface area contributed by atoms with Gasteiger partial charge in [0.15, 0.2) is 0 Å². The van der Waals surface area contributed by atoms with E-state index in [4.69, 9.17) is 0 Å². The van der Waals surface area contributed by atoms with Gasteiger partial charge in [-0.2, -0.15) is 10.2 Å². The van der Waals surface area contributed by atoms with Gasteiger partial charge in [0.1, 0.15) is 0 Å². The molecule has 73 valence electrons. The molecule has 1 aliphatic rings. The van der Waals surface area contributed by atoms with Gasteiger partial charge in [0.2, 0.25) is 0 Å². The summed E-state index contributed by atoms with van der Waals surface area (Å²) in [4.78, 5) is 0. The Morgan fingerprint density at radius 2 is 2.07 bits per heavy atom. The fraction of sp³-hybridized carbons (Fsp3) is 0.231. The number of hydrogen-bond donors (Lipinski definition) is 0. The van der Waals surface area contributed by atoms with Crippen LogP contribution in [0.5, 0.6) is 0 Å². The van der Waals surface area contributed by atoms with Crippen molar-refractivity contribution in [3.05, 3.63) is 47.8 Å². The topological polar surface area (TPSA) is 25.8 Å². The second-order valence-electron chi connectivity index (χ2n) is 3.82. The smallest absolute Gasteiger partial charge is 0.0715 e. The van der Waals surface area contributed by atoms with Gasteiger partial charge in [0.05, 0.1) is 11.9 Å². The predicted octanol–water partition coefficient (Wildman–Crippen LogP) is 2.43. The normalized spacial score (nSPS) is 13.9. The highest BCUT2D eigenvalue weighted by atomic mass is 15.1. The van der Waals surface area contributed by atoms with E-state index in [1.54, 1.807) is 6.20 Å². The molecule has 1 aliphatic carbocycles. The molecule has 0 bridgehead atoms. The number of aromatic nitrogens is 2. The Morgan fingerprint density at radius 3 is 3.07 bits per heavy atom. The number of nitrogens with zero attached hydrogens (tertiary/aromatic N) is 2. The van der Waals surface area contributed by atoms with E-state index in [1.807, 2.05) is 0 Å². The molecule has 0 unspecified atom stereocenters. The van der Waals surface area contributed by atoms with Crippen molar-refractivity contribution in [2.45, 2.75) is 19.3 Å². The first-order valence-electron chi connectivity index (χ1n) is 5.25. The van der Waals surface area contributed by atoms with Gasteiger partial charge in [0, 0.05) is 11.6 Å². The van der Waals surface area contributed by atoms with Crippen LogP contribution in [-0.2, 0) is 12.8 Å². The summed E-state index contributed by atoms with van der Waals surface area (Å²) in [6.45, 7) is 0. The SMILES string of the molecule is [c]1cnnc2c1-c1ccccc1CCC2. The Labute approximate surface area is 89.0 Å². The summed E-state index contributed by atoms with van der Waals surface area (Å²) in [7, 11) is 0. The molecular weight excluding hydrogens is 184 g/mol. The fourth-order valence-corrected chi connectivity index (χ4v) is 2.16. The lowest BCUT2D eigenvalue weighted by atomic mass is 10.00. The summed E-state index contributed by atoms with van der Waals surface area (Å²) in [6.07, 6.45) is 4.94. The van der Waals surface area contributed by atoms with Gasteiger partial charge in [0.25, 0.3) is 0 Å². The zero-order valence-corrected chi connectivity index (χ0v) is 8.40. The minimum atomic E-state index is 1.01. The summed E-state index contributed by atoms with van der Waals surface area (Å²) in [6, 6.07) is 11.7. The average molecular weight is 195 g/mol. The summed E-state index contributed by atoms with van der Waals surface area (Å²) >= 11 is 0. The Bertz CT molecular complexity index is 446. The van der Waals surface area contributed by atoms with Crippen molar-refractivity contribution in [2.75, 3.05) is 0 Å². The lowest BCUT2D eigenvalue weighted by molar-refractivity contribution is 0.793. The standard InChI is InChI=1S/C13H11N2/c1-2-6-11-10(4-1)5-3-7-13-12(11)8-9-14-15-13/h1-2,4,6,9H,3,5,7H2. The van der Waals surface area contributed by atoms with E-state index < -0.39 is 0 Å². The molecule has 3 rings (SSSR count). The molecule has 0 spiro atoms. The highest BCUT2D eigenvalue weighted by Gasteiger charge is 2.14. The van der Waals surface area contributed by atoms with Crippen LogP contribution >= 0.6 is 0 Å². The second kappa shape index (κ2) is 3.46. The van der Waals surface area contributed by atoms with E-state index in [-0.39, 0.29) is 0 Å². The fourth-order valence-electron chi connectivity index (χ4n) is 2.16. The summed E-state index contributed by atoms with van der Waals surface area (Å²) in [5.74, 6) is 0. The van der Waals surface area contributed by atoms with E-state index in [2.05, 4.69) is 40.5 Å². The van der Waals surface area contributed by atoms with Gasteiger partial charge in [-0.15, -0.1) is 0 Å². The Balaban J connectivity index is 2.27. The van der Waals surface area contributed by atoms with Gasteiger partial charge in [-0.1, -0.05) is 24.3 Å². The molecule has 0 fully saturated rings. The minimum Gasteiger partial charge on any atom is -0.158 e. The molecular formula is C13H11N2. The number of benzene rings is 1. The van der Waals surface area contributed by atoms with Gasteiger partial charge in [-0.25, -0.2) is 0 Å². The summed E-state index contributed by atoms with van der Waals surface area (Å²) < 4.78 is 0. The zero-order chi connectivity index (χ0) is 10.1. The third-order valence-electron chi connectivity index (χ3n) is 2.88. The largest absolute Gasteiger partial charge is 0.158 e. The monoisotopic (exact) mass is 195 g/mol. The molecule has 1 aromatic heterocycles. The summed E-state index contributed by atoms with van der Waals surface area (Å²) in [5.41, 5.74) is 4.90. The first-order valence-corrected chi connectivity index (χ1v) is 5.25. The highest BCUT2D eigenvalue weighted by molar-refractivity contribution is 5.69. The molecule has 0 N–H and O–H groups in total. The quantitative estimate of drug-likeness (QED) is 0.645. The first-order chi connectivity index (χ1) is 7.45. The van der Waals surface area contributed by atoms with Crippen molar-refractivity contribution in [1.29, 1.82) is 0 Å². The molecule has 0 saturated heterocycles. The maximum absolute atomic E-state index is 4.20. The van der Waals surface area contributed by atoms with Gasteiger partial charge >= 0.3 is 0 Å². The Hall–Kier alpha value is -1.70. The van der Waals surface area contributed by atoms with E-state index in [9.17, 15) is 0 Å². The van der Waals surface area contributed by atoms with Crippen molar-refractivity contribution in [1.82, 2.24) is 10.2 Å². The third kappa shape index (κ3) is 1.42. The zero-order valence-electron chi connectivity index (χ0n) is 8.40. The molecule has 2 aromatic rings. The first kappa shape index (κ1) is 8.60. The molecule has 2 nitrogen and oxygen atoms in total. The van der Waals surface area contributed by atoms with E-state index in [1.165, 1.54) is 11.1 Å². The van der Waals surface area contributed by atoms with Gasteiger partial charge in [-0.3, -0.25) is 0 Å². The molecule has 0 saturated carbocycles. The van der Waals surface area contributed by atoms with Gasteiger partial charge < -0.3 is 0 Å². The summed E-state index contributed by atoms with van der Waals surface area (Å²) in [5, 5.41) is 8.10. The van der Waals surface area contributed by atoms with Crippen LogP contribution in [0.4, 0.5) is 0 Å². The number of rotatable bonds is 0. The van der Waals surface area contributed by atoms with E-state index >= 15 is 0 Å². The molecule has 0 aliphatic heterocycles. The second-order valence-corrected chi connectivity index (χ2v) is 3.82. The number of fused-ring (bicyclic) bond motifs is 3. The lowest BCUT2D eigenvalue weighted by Crippen LogP contribution is -1.94. The van der Waals surface area contributed by atoms with Crippen LogP contribution in [0.1, 0.15) is 17.7 Å². The van der Waals surface area contributed by atoms with Crippen molar-refractivity contribution in [3.63, 3.8) is 0 Å². The van der Waals surface area contributed by atoms with Crippen molar-refractivity contribution < 1.29 is 0 Å². The molecule has 1 aromatic carbocycles. The van der Waals surface area contributed by atoms with Gasteiger partial charge in [-0.05, 0) is 30.4 Å². The van der Waals surface area contributed by atoms with Crippen LogP contribution in [0.15, 0.2) is 30.5 Å². The van der Waals surface area contributed by atoms with Crippen molar-refractivity contribution in [2.24, 2.45) is 0 Å². The highest BCUT2D eigenvalue weighted by Crippen LogP contribution is 2.29. The van der Waals surface area contributed by atoms with Crippen LogP contribution in [0.3, 0.4) is 0 Å². The maximum atomic E-state index is 4.20. The predicted molar refractivity (Wildman–Crippen MR) is 58.3 cm³/mol. The van der Waals surface area contributed by atoms with Crippen LogP contribution in [0, 0.1) is 6.07 Å². The van der Waals surface area contributed by atoms with E-state index in [0.717, 1.165) is 30.5 Å². The lowest BCUT2D eigenvalue weighted by Gasteiger charge is -2.06. The Morgan fingerprint density at radius 1 is 1.13 bits per heavy atom.